The van der Waals surface area contributed by atoms with Crippen LogP contribution in [0.4, 0.5) is 5.95 Å². The van der Waals surface area contributed by atoms with Gasteiger partial charge in [-0.2, -0.15) is 0 Å². The Kier molecular flexibility index (Phi) is 2.98. The number of hydrogen-bond donors (Lipinski definition) is 2. The van der Waals surface area contributed by atoms with Crippen molar-refractivity contribution in [2.75, 3.05) is 5.32 Å². The highest BCUT2D eigenvalue weighted by molar-refractivity contribution is 6.05. The predicted molar refractivity (Wildman–Crippen MR) is 74.7 cm³/mol. The van der Waals surface area contributed by atoms with Gasteiger partial charge in [-0.25, -0.2) is 4.98 Å². The number of hydrogen-bond acceptors (Lipinski definition) is 4. The maximum atomic E-state index is 12.3. The Hall–Kier alpha value is -2.63. The summed E-state index contributed by atoms with van der Waals surface area (Å²) in [6.45, 7) is 3.65. The number of imidazole rings is 1. The van der Waals surface area contributed by atoms with E-state index in [2.05, 4.69) is 20.4 Å². The fraction of sp³-hybridized carbons (Fsp3) is 0.214. The molecule has 0 bridgehead atoms. The van der Waals surface area contributed by atoms with Crippen molar-refractivity contribution in [3.8, 4) is 0 Å². The molecule has 3 aromatic rings. The van der Waals surface area contributed by atoms with Gasteiger partial charge in [-0.3, -0.25) is 10.1 Å². The van der Waals surface area contributed by atoms with Gasteiger partial charge < -0.3 is 9.51 Å². The summed E-state index contributed by atoms with van der Waals surface area (Å²) in [5, 5.41) is 6.62. The highest BCUT2D eigenvalue weighted by atomic mass is 16.5. The summed E-state index contributed by atoms with van der Waals surface area (Å²) in [7, 11) is 0. The number of carbonyl (C=O) groups is 1. The minimum atomic E-state index is -0.264. The maximum Gasteiger partial charge on any atom is 0.263 e. The number of carbonyl (C=O) groups excluding carboxylic acids is 1. The first kappa shape index (κ1) is 12.4. The van der Waals surface area contributed by atoms with Crippen LogP contribution in [0.5, 0.6) is 0 Å². The largest absolute Gasteiger partial charge is 0.361 e. The number of nitrogens with zero attached hydrogens (tertiary/aromatic N) is 2. The highest BCUT2D eigenvalue weighted by Crippen LogP contribution is 2.17. The zero-order chi connectivity index (χ0) is 14.1. The molecule has 20 heavy (non-hydrogen) atoms. The average molecular weight is 270 g/mol. The smallest absolute Gasteiger partial charge is 0.263 e. The third kappa shape index (κ3) is 2.05. The minimum absolute atomic E-state index is 0.264. The summed E-state index contributed by atoms with van der Waals surface area (Å²) >= 11 is 0. The number of aromatic amines is 1. The number of H-pyrrole nitrogens is 1. The van der Waals surface area contributed by atoms with Crippen molar-refractivity contribution in [3.05, 3.63) is 41.3 Å². The summed E-state index contributed by atoms with van der Waals surface area (Å²) in [5.41, 5.74) is 2.81. The van der Waals surface area contributed by atoms with Gasteiger partial charge in [0.2, 0.25) is 5.95 Å². The van der Waals surface area contributed by atoms with Crippen LogP contribution in [0.3, 0.4) is 0 Å². The lowest BCUT2D eigenvalue weighted by Crippen LogP contribution is -2.15. The van der Waals surface area contributed by atoms with Crippen molar-refractivity contribution in [3.63, 3.8) is 0 Å². The lowest BCUT2D eigenvalue weighted by atomic mass is 10.1. The first-order valence-corrected chi connectivity index (χ1v) is 6.40. The second-order valence-electron chi connectivity index (χ2n) is 4.47. The number of nitrogens with one attached hydrogen (secondary N) is 2. The molecule has 1 aromatic carbocycles. The Morgan fingerprint density at radius 3 is 2.95 bits per heavy atom. The van der Waals surface area contributed by atoms with Crippen LogP contribution in [-0.4, -0.2) is 21.0 Å². The zero-order valence-corrected chi connectivity index (χ0v) is 11.2. The first-order chi connectivity index (χ1) is 9.69. The summed E-state index contributed by atoms with van der Waals surface area (Å²) in [6.07, 6.45) is 0.639. The quantitative estimate of drug-likeness (QED) is 0.766. The van der Waals surface area contributed by atoms with E-state index in [1.54, 1.807) is 6.92 Å². The molecule has 3 rings (SSSR count). The molecule has 6 heteroatoms. The molecule has 0 radical (unpaired) electrons. The molecule has 2 aromatic heterocycles. The average Bonchev–Trinajstić information content (AvgIpc) is 3.00. The van der Waals surface area contributed by atoms with Gasteiger partial charge in [-0.05, 0) is 25.5 Å². The summed E-state index contributed by atoms with van der Waals surface area (Å²) in [6, 6.07) is 7.59. The van der Waals surface area contributed by atoms with Crippen molar-refractivity contribution >= 4 is 22.9 Å². The number of benzene rings is 1. The Morgan fingerprint density at radius 1 is 1.40 bits per heavy atom. The third-order valence-corrected chi connectivity index (χ3v) is 3.12. The van der Waals surface area contributed by atoms with Crippen molar-refractivity contribution < 1.29 is 9.32 Å². The number of para-hydroxylation sites is 2. The Labute approximate surface area is 115 Å². The molecule has 2 heterocycles. The molecule has 1 amide bonds. The highest BCUT2D eigenvalue weighted by Gasteiger charge is 2.20. The molecule has 0 aliphatic heterocycles. The van der Waals surface area contributed by atoms with Crippen LogP contribution in [0.15, 0.2) is 28.8 Å². The normalized spacial score (nSPS) is 10.9. The molecule has 0 fully saturated rings. The van der Waals surface area contributed by atoms with Gasteiger partial charge in [-0.15, -0.1) is 0 Å². The SMILES string of the molecule is CCc1noc(C)c1C(=O)Nc1nc2ccccc2[nH]1. The van der Waals surface area contributed by atoms with Gasteiger partial charge in [0, 0.05) is 0 Å². The number of anilines is 1. The van der Waals surface area contributed by atoms with Crippen molar-refractivity contribution in [1.29, 1.82) is 0 Å². The van der Waals surface area contributed by atoms with Gasteiger partial charge in [0.15, 0.2) is 0 Å². The van der Waals surface area contributed by atoms with E-state index in [1.807, 2.05) is 31.2 Å². The molecule has 0 unspecified atom stereocenters. The molecule has 102 valence electrons. The maximum absolute atomic E-state index is 12.3. The van der Waals surface area contributed by atoms with Gasteiger partial charge in [0.25, 0.3) is 5.91 Å². The molecular formula is C14H14N4O2. The topological polar surface area (TPSA) is 83.8 Å². The van der Waals surface area contributed by atoms with Crippen LogP contribution in [0.1, 0.15) is 28.7 Å². The van der Waals surface area contributed by atoms with Crippen LogP contribution in [0.25, 0.3) is 11.0 Å². The van der Waals surface area contributed by atoms with Crippen LogP contribution in [-0.2, 0) is 6.42 Å². The Balaban J connectivity index is 1.90. The lowest BCUT2D eigenvalue weighted by Gasteiger charge is -2.01. The fourth-order valence-electron chi connectivity index (χ4n) is 2.13. The Bertz CT molecular complexity index is 739. The van der Waals surface area contributed by atoms with Crippen molar-refractivity contribution in [1.82, 2.24) is 15.1 Å². The van der Waals surface area contributed by atoms with E-state index in [9.17, 15) is 4.79 Å². The molecule has 0 atom stereocenters. The van der Waals surface area contributed by atoms with Crippen LogP contribution < -0.4 is 5.32 Å². The minimum Gasteiger partial charge on any atom is -0.361 e. The molecule has 0 aliphatic rings. The van der Waals surface area contributed by atoms with Gasteiger partial charge in [0.1, 0.15) is 11.3 Å². The lowest BCUT2D eigenvalue weighted by molar-refractivity contribution is 0.102. The predicted octanol–water partition coefficient (Wildman–Crippen LogP) is 2.67. The third-order valence-electron chi connectivity index (χ3n) is 3.12. The molecule has 6 nitrogen and oxygen atoms in total. The standard InChI is InChI=1S/C14H14N4O2/c1-3-9-12(8(2)20-18-9)13(19)17-14-15-10-6-4-5-7-11(10)16-14/h4-7H,3H2,1-2H3,(H2,15,16,17,19). The van der Waals surface area contributed by atoms with E-state index in [-0.39, 0.29) is 5.91 Å². The van der Waals surface area contributed by atoms with Gasteiger partial charge in [-0.1, -0.05) is 24.2 Å². The number of rotatable bonds is 3. The van der Waals surface area contributed by atoms with Crippen molar-refractivity contribution in [2.45, 2.75) is 20.3 Å². The number of fused-ring (bicyclic) bond motifs is 1. The molecule has 0 saturated heterocycles. The van der Waals surface area contributed by atoms with E-state index >= 15 is 0 Å². The summed E-state index contributed by atoms with van der Waals surface area (Å²) in [4.78, 5) is 19.6. The molecule has 0 saturated carbocycles. The summed E-state index contributed by atoms with van der Waals surface area (Å²) in [5.74, 6) is 0.661. The van der Waals surface area contributed by atoms with E-state index in [4.69, 9.17) is 4.52 Å². The molecular weight excluding hydrogens is 256 g/mol. The van der Waals surface area contributed by atoms with Gasteiger partial charge in [0.05, 0.1) is 16.7 Å². The number of amides is 1. The molecule has 0 aliphatic carbocycles. The van der Waals surface area contributed by atoms with E-state index in [0.717, 1.165) is 11.0 Å². The van der Waals surface area contributed by atoms with Crippen molar-refractivity contribution in [2.24, 2.45) is 0 Å². The van der Waals surface area contributed by atoms with E-state index in [0.29, 0.717) is 29.4 Å². The van der Waals surface area contributed by atoms with Crippen LogP contribution in [0, 0.1) is 6.92 Å². The van der Waals surface area contributed by atoms with Crippen LogP contribution >= 0.6 is 0 Å². The second-order valence-corrected chi connectivity index (χ2v) is 4.47. The number of aryl methyl sites for hydroxylation is 2. The monoisotopic (exact) mass is 270 g/mol. The zero-order valence-electron chi connectivity index (χ0n) is 11.2. The fourth-order valence-corrected chi connectivity index (χ4v) is 2.13. The van der Waals surface area contributed by atoms with E-state index in [1.165, 1.54) is 0 Å². The first-order valence-electron chi connectivity index (χ1n) is 6.40. The van der Waals surface area contributed by atoms with E-state index < -0.39 is 0 Å². The Morgan fingerprint density at radius 2 is 2.20 bits per heavy atom. The molecule has 0 spiro atoms. The summed E-state index contributed by atoms with van der Waals surface area (Å²) < 4.78 is 5.06. The van der Waals surface area contributed by atoms with Crippen LogP contribution in [0.2, 0.25) is 0 Å². The number of aromatic nitrogens is 3. The van der Waals surface area contributed by atoms with Gasteiger partial charge >= 0.3 is 0 Å². The molecule has 2 N–H and O–H groups in total. The second kappa shape index (κ2) is 4.80.